The lowest BCUT2D eigenvalue weighted by atomic mass is 9.89. The van der Waals surface area contributed by atoms with Gasteiger partial charge in [0.25, 0.3) is 0 Å². The minimum absolute atomic E-state index is 0. The Morgan fingerprint density at radius 3 is 2.59 bits per heavy atom. The average Bonchev–Trinajstić information content (AvgIpc) is 3.25. The van der Waals surface area contributed by atoms with Crippen molar-refractivity contribution in [3.05, 3.63) is 35.4 Å². The molecule has 29 heavy (non-hydrogen) atoms. The number of aryl methyl sites for hydroxylation is 1. The van der Waals surface area contributed by atoms with E-state index in [1.54, 1.807) is 7.05 Å². The van der Waals surface area contributed by atoms with Gasteiger partial charge < -0.3 is 24.8 Å². The number of hydrogen-bond acceptors (Lipinski definition) is 4. The summed E-state index contributed by atoms with van der Waals surface area (Å²) < 4.78 is 17.2. The van der Waals surface area contributed by atoms with Gasteiger partial charge in [0.1, 0.15) is 0 Å². The molecule has 0 saturated carbocycles. The fourth-order valence-electron chi connectivity index (χ4n) is 3.78. The number of nitrogens with zero attached hydrogens (tertiary/aromatic N) is 1. The van der Waals surface area contributed by atoms with Crippen LogP contribution in [-0.4, -0.2) is 58.6 Å². The first-order valence-electron chi connectivity index (χ1n) is 10.7. The number of rotatable bonds is 10. The maximum absolute atomic E-state index is 6.16. The van der Waals surface area contributed by atoms with Gasteiger partial charge in [-0.05, 0) is 49.7 Å². The maximum Gasteiger partial charge on any atom is 0.190 e. The number of guanidine groups is 1. The van der Waals surface area contributed by atoms with Gasteiger partial charge in [-0.15, -0.1) is 24.0 Å². The second-order valence-electron chi connectivity index (χ2n) is 7.44. The SMILES string of the molecule is CN=C(NCCCOC1CCOC1)NCCCOC1CCCc2ccccc21.I. The molecule has 0 aromatic heterocycles. The molecule has 2 N–H and O–H groups in total. The monoisotopic (exact) mass is 517 g/mol. The van der Waals surface area contributed by atoms with Gasteiger partial charge in [0.05, 0.1) is 18.8 Å². The molecule has 0 amide bonds. The van der Waals surface area contributed by atoms with Crippen LogP contribution in [0.2, 0.25) is 0 Å². The molecule has 2 atom stereocenters. The van der Waals surface area contributed by atoms with Crippen molar-refractivity contribution >= 4 is 29.9 Å². The Morgan fingerprint density at radius 1 is 1.10 bits per heavy atom. The third-order valence-corrected chi connectivity index (χ3v) is 5.33. The van der Waals surface area contributed by atoms with Crippen molar-refractivity contribution < 1.29 is 14.2 Å². The van der Waals surface area contributed by atoms with Gasteiger partial charge in [0.15, 0.2) is 5.96 Å². The summed E-state index contributed by atoms with van der Waals surface area (Å²) in [5.74, 6) is 0.840. The Hall–Kier alpha value is -0.900. The third-order valence-electron chi connectivity index (χ3n) is 5.33. The predicted molar refractivity (Wildman–Crippen MR) is 127 cm³/mol. The van der Waals surface area contributed by atoms with E-state index in [1.165, 1.54) is 24.0 Å². The van der Waals surface area contributed by atoms with Gasteiger partial charge in [0, 0.05) is 40.0 Å². The van der Waals surface area contributed by atoms with E-state index in [0.717, 1.165) is 71.2 Å². The number of aliphatic imine (C=N–C) groups is 1. The Labute approximate surface area is 192 Å². The number of benzene rings is 1. The highest BCUT2D eigenvalue weighted by Crippen LogP contribution is 2.32. The largest absolute Gasteiger partial charge is 0.379 e. The number of nitrogens with one attached hydrogen (secondary N) is 2. The van der Waals surface area contributed by atoms with Crippen LogP contribution in [0.3, 0.4) is 0 Å². The fraction of sp³-hybridized carbons (Fsp3) is 0.682. The summed E-state index contributed by atoms with van der Waals surface area (Å²) in [5, 5.41) is 6.69. The molecule has 0 radical (unpaired) electrons. The average molecular weight is 517 g/mol. The standard InChI is InChI=1S/C22H35N3O3.HI/c1-23-22(24-12-5-14-27-19-11-16-26-17-19)25-13-6-15-28-21-10-4-8-18-7-2-3-9-20(18)21;/h2-3,7,9,19,21H,4-6,8,10-17H2,1H3,(H2,23,24,25);1H. The summed E-state index contributed by atoms with van der Waals surface area (Å²) in [5.41, 5.74) is 2.83. The molecule has 1 saturated heterocycles. The summed E-state index contributed by atoms with van der Waals surface area (Å²) in [6.07, 6.45) is 7.01. The van der Waals surface area contributed by atoms with Crippen LogP contribution >= 0.6 is 24.0 Å². The van der Waals surface area contributed by atoms with E-state index in [-0.39, 0.29) is 36.2 Å². The minimum atomic E-state index is 0. The van der Waals surface area contributed by atoms with Crippen LogP contribution in [0.1, 0.15) is 49.3 Å². The topological polar surface area (TPSA) is 64.1 Å². The molecule has 1 aliphatic heterocycles. The molecule has 1 aliphatic carbocycles. The molecular formula is C22H36IN3O3. The van der Waals surface area contributed by atoms with E-state index in [0.29, 0.717) is 0 Å². The molecule has 0 spiro atoms. The lowest BCUT2D eigenvalue weighted by Crippen LogP contribution is -2.38. The van der Waals surface area contributed by atoms with E-state index in [4.69, 9.17) is 14.2 Å². The first-order chi connectivity index (χ1) is 13.9. The van der Waals surface area contributed by atoms with E-state index < -0.39 is 0 Å². The summed E-state index contributed by atoms with van der Waals surface area (Å²) in [4.78, 5) is 4.27. The van der Waals surface area contributed by atoms with Crippen LogP contribution in [0.4, 0.5) is 0 Å². The van der Waals surface area contributed by atoms with Crippen molar-refractivity contribution in [1.82, 2.24) is 10.6 Å². The van der Waals surface area contributed by atoms with Gasteiger partial charge in [-0.1, -0.05) is 24.3 Å². The van der Waals surface area contributed by atoms with Gasteiger partial charge in [-0.3, -0.25) is 4.99 Å². The van der Waals surface area contributed by atoms with Crippen LogP contribution < -0.4 is 10.6 Å². The van der Waals surface area contributed by atoms with Gasteiger partial charge in [-0.25, -0.2) is 0 Å². The molecule has 2 aliphatic rings. The Kier molecular flexibility index (Phi) is 11.9. The third kappa shape index (κ3) is 8.39. The molecule has 3 rings (SSSR count). The van der Waals surface area contributed by atoms with Crippen LogP contribution in [-0.2, 0) is 20.6 Å². The molecule has 1 heterocycles. The van der Waals surface area contributed by atoms with Crippen molar-refractivity contribution in [2.24, 2.45) is 4.99 Å². The normalized spacial score (nSPS) is 21.3. The van der Waals surface area contributed by atoms with Crippen molar-refractivity contribution in [2.45, 2.75) is 50.7 Å². The number of fused-ring (bicyclic) bond motifs is 1. The molecule has 2 unspecified atom stereocenters. The second-order valence-corrected chi connectivity index (χ2v) is 7.44. The first kappa shape index (κ1) is 24.4. The van der Waals surface area contributed by atoms with Gasteiger partial charge in [0.2, 0.25) is 0 Å². The molecule has 1 fully saturated rings. The van der Waals surface area contributed by atoms with Crippen LogP contribution in [0.25, 0.3) is 0 Å². The predicted octanol–water partition coefficient (Wildman–Crippen LogP) is 3.45. The summed E-state index contributed by atoms with van der Waals surface area (Å²) in [7, 11) is 1.80. The van der Waals surface area contributed by atoms with E-state index >= 15 is 0 Å². The highest BCUT2D eigenvalue weighted by Gasteiger charge is 2.19. The van der Waals surface area contributed by atoms with Crippen molar-refractivity contribution in [3.63, 3.8) is 0 Å². The highest BCUT2D eigenvalue weighted by atomic mass is 127. The first-order valence-corrected chi connectivity index (χ1v) is 10.7. The minimum Gasteiger partial charge on any atom is -0.379 e. The Bertz CT molecular complexity index is 609. The lowest BCUT2D eigenvalue weighted by molar-refractivity contribution is 0.0398. The van der Waals surface area contributed by atoms with E-state index in [1.807, 2.05) is 0 Å². The summed E-state index contributed by atoms with van der Waals surface area (Å²) in [6, 6.07) is 8.69. The Morgan fingerprint density at radius 2 is 1.86 bits per heavy atom. The lowest BCUT2D eigenvalue weighted by Gasteiger charge is -2.25. The van der Waals surface area contributed by atoms with Crippen LogP contribution in [0.15, 0.2) is 29.3 Å². The van der Waals surface area contributed by atoms with E-state index in [2.05, 4.69) is 39.9 Å². The highest BCUT2D eigenvalue weighted by molar-refractivity contribution is 14.0. The van der Waals surface area contributed by atoms with Crippen LogP contribution in [0, 0.1) is 0 Å². The van der Waals surface area contributed by atoms with Crippen molar-refractivity contribution in [3.8, 4) is 0 Å². The zero-order valence-corrected chi connectivity index (χ0v) is 19.9. The molecule has 1 aromatic carbocycles. The summed E-state index contributed by atoms with van der Waals surface area (Å²) in [6.45, 7) is 4.79. The summed E-state index contributed by atoms with van der Waals surface area (Å²) >= 11 is 0. The molecule has 7 heteroatoms. The van der Waals surface area contributed by atoms with Gasteiger partial charge in [-0.2, -0.15) is 0 Å². The van der Waals surface area contributed by atoms with Crippen molar-refractivity contribution in [2.75, 3.05) is 46.6 Å². The van der Waals surface area contributed by atoms with Crippen LogP contribution in [0.5, 0.6) is 0 Å². The quantitative estimate of drug-likeness (QED) is 0.216. The number of ether oxygens (including phenoxy) is 3. The molecule has 1 aromatic rings. The maximum atomic E-state index is 6.16. The second kappa shape index (κ2) is 14.2. The molecule has 0 bridgehead atoms. The number of halogens is 1. The van der Waals surface area contributed by atoms with E-state index in [9.17, 15) is 0 Å². The van der Waals surface area contributed by atoms with Crippen molar-refractivity contribution in [1.29, 1.82) is 0 Å². The fourth-order valence-corrected chi connectivity index (χ4v) is 3.78. The number of hydrogen-bond donors (Lipinski definition) is 2. The zero-order valence-electron chi connectivity index (χ0n) is 17.5. The molecular weight excluding hydrogens is 481 g/mol. The van der Waals surface area contributed by atoms with Gasteiger partial charge >= 0.3 is 0 Å². The Balaban J connectivity index is 0.00000300. The molecule has 164 valence electrons. The zero-order chi connectivity index (χ0) is 19.4. The molecule has 6 nitrogen and oxygen atoms in total. The smallest absolute Gasteiger partial charge is 0.190 e.